The molecule has 2 aromatic carbocycles. The predicted octanol–water partition coefficient (Wildman–Crippen LogP) is 2.87. The van der Waals surface area contributed by atoms with Gasteiger partial charge in [0.25, 0.3) is 0 Å². The Kier molecular flexibility index (Phi) is 5.51. The van der Waals surface area contributed by atoms with Gasteiger partial charge in [0.2, 0.25) is 5.91 Å². The zero-order chi connectivity index (χ0) is 22.7. The fourth-order valence-corrected chi connectivity index (χ4v) is 3.44. The summed E-state index contributed by atoms with van der Waals surface area (Å²) in [7, 11) is 0. The molecule has 1 amide bonds. The Bertz CT molecular complexity index is 1360. The van der Waals surface area contributed by atoms with Crippen LogP contribution in [0.2, 0.25) is 0 Å². The van der Waals surface area contributed by atoms with E-state index in [-0.39, 0.29) is 23.0 Å². The number of hydrogen-bond acceptors (Lipinski definition) is 7. The number of aromatic hydroxyl groups is 1. The number of benzene rings is 2. The Balaban J connectivity index is 1.76. The van der Waals surface area contributed by atoms with Crippen molar-refractivity contribution in [1.29, 1.82) is 5.26 Å². The molecule has 158 valence electrons. The highest BCUT2D eigenvalue weighted by Gasteiger charge is 2.20. The lowest BCUT2D eigenvalue weighted by Gasteiger charge is -2.21. The zero-order valence-corrected chi connectivity index (χ0v) is 17.0. The van der Waals surface area contributed by atoms with Crippen molar-refractivity contribution < 1.29 is 9.90 Å². The number of para-hydroxylation sites is 1. The lowest BCUT2D eigenvalue weighted by Crippen LogP contribution is -2.32. The molecule has 0 fully saturated rings. The number of anilines is 2. The van der Waals surface area contributed by atoms with Gasteiger partial charge in [0, 0.05) is 17.8 Å². The number of fused-ring (bicyclic) bond motifs is 1. The van der Waals surface area contributed by atoms with E-state index in [1.54, 1.807) is 15.6 Å². The van der Waals surface area contributed by atoms with E-state index < -0.39 is 0 Å². The summed E-state index contributed by atoms with van der Waals surface area (Å²) < 4.78 is 1.65. The minimum atomic E-state index is -0.237. The normalized spacial score (nSPS) is 10.6. The smallest absolute Gasteiger partial charge is 0.250 e. The molecular weight excluding hydrogens is 406 g/mol. The maximum atomic E-state index is 12.5. The Morgan fingerprint density at radius 3 is 2.75 bits per heavy atom. The van der Waals surface area contributed by atoms with Gasteiger partial charge in [-0.2, -0.15) is 10.4 Å². The average Bonchev–Trinajstić information content (AvgIpc) is 3.20. The molecule has 2 heterocycles. The summed E-state index contributed by atoms with van der Waals surface area (Å²) in [6.45, 7) is 4.23. The third kappa shape index (κ3) is 3.73. The van der Waals surface area contributed by atoms with Crippen LogP contribution in [0.3, 0.4) is 0 Å². The van der Waals surface area contributed by atoms with E-state index in [0.29, 0.717) is 35.4 Å². The van der Waals surface area contributed by atoms with Gasteiger partial charge in [-0.1, -0.05) is 24.8 Å². The van der Waals surface area contributed by atoms with E-state index in [9.17, 15) is 15.2 Å². The first kappa shape index (κ1) is 20.6. The maximum absolute atomic E-state index is 12.5. The van der Waals surface area contributed by atoms with Crippen molar-refractivity contribution >= 4 is 28.4 Å². The molecule has 9 nitrogen and oxygen atoms in total. The Hall–Kier alpha value is -4.71. The molecule has 0 aliphatic heterocycles. The number of nitrogens with two attached hydrogens (primary N) is 1. The number of carbonyl (C=O) groups excluding carboxylic acids is 1. The molecular formula is C23H19N7O2. The summed E-state index contributed by atoms with van der Waals surface area (Å²) in [4.78, 5) is 22.5. The predicted molar refractivity (Wildman–Crippen MR) is 121 cm³/mol. The number of nitrogen functional groups attached to an aromatic ring is 1. The van der Waals surface area contributed by atoms with Crippen LogP contribution in [0, 0.1) is 11.3 Å². The van der Waals surface area contributed by atoms with Gasteiger partial charge < -0.3 is 15.7 Å². The molecule has 0 bridgehead atoms. The monoisotopic (exact) mass is 425 g/mol. The van der Waals surface area contributed by atoms with Gasteiger partial charge >= 0.3 is 0 Å². The molecule has 32 heavy (non-hydrogen) atoms. The first-order valence-electron chi connectivity index (χ1n) is 9.73. The number of phenols is 1. The Labute approximate surface area is 183 Å². The molecule has 0 unspecified atom stereocenters. The Morgan fingerprint density at radius 1 is 1.25 bits per heavy atom. The molecule has 0 saturated heterocycles. The summed E-state index contributed by atoms with van der Waals surface area (Å²) >= 11 is 0. The van der Waals surface area contributed by atoms with Gasteiger partial charge in [0.05, 0.1) is 17.5 Å². The summed E-state index contributed by atoms with van der Waals surface area (Å²) in [5.41, 5.74) is 8.55. The molecule has 2 aromatic heterocycles. The van der Waals surface area contributed by atoms with E-state index in [1.165, 1.54) is 24.5 Å². The largest absolute Gasteiger partial charge is 0.507 e. The van der Waals surface area contributed by atoms with E-state index in [2.05, 4.69) is 21.6 Å². The number of aromatic nitrogens is 4. The van der Waals surface area contributed by atoms with Crippen LogP contribution in [0.1, 0.15) is 5.56 Å². The second kappa shape index (κ2) is 8.57. The lowest BCUT2D eigenvalue weighted by atomic mass is 10.1. The van der Waals surface area contributed by atoms with Crippen molar-refractivity contribution in [2.75, 3.05) is 17.2 Å². The highest BCUT2D eigenvalue weighted by atomic mass is 16.3. The van der Waals surface area contributed by atoms with Crippen molar-refractivity contribution in [3.8, 4) is 23.1 Å². The molecule has 0 saturated carbocycles. The fraction of sp³-hybridized carbons (Fsp3) is 0.0870. The van der Waals surface area contributed by atoms with Crippen molar-refractivity contribution in [2.24, 2.45) is 0 Å². The van der Waals surface area contributed by atoms with Gasteiger partial charge in [-0.05, 0) is 36.4 Å². The minimum Gasteiger partial charge on any atom is -0.507 e. The van der Waals surface area contributed by atoms with Crippen LogP contribution in [-0.2, 0) is 11.3 Å². The zero-order valence-electron chi connectivity index (χ0n) is 17.0. The third-order valence-electron chi connectivity index (χ3n) is 4.99. The van der Waals surface area contributed by atoms with E-state index in [4.69, 9.17) is 5.73 Å². The molecule has 0 spiro atoms. The van der Waals surface area contributed by atoms with Crippen LogP contribution in [0.5, 0.6) is 5.75 Å². The van der Waals surface area contributed by atoms with Crippen molar-refractivity contribution in [1.82, 2.24) is 19.7 Å². The molecule has 4 aromatic rings. The van der Waals surface area contributed by atoms with Gasteiger partial charge in [0.15, 0.2) is 5.65 Å². The molecule has 9 heteroatoms. The van der Waals surface area contributed by atoms with Crippen LogP contribution >= 0.6 is 0 Å². The molecule has 0 aliphatic carbocycles. The maximum Gasteiger partial charge on any atom is 0.250 e. The van der Waals surface area contributed by atoms with Crippen LogP contribution in [0.25, 0.3) is 22.3 Å². The lowest BCUT2D eigenvalue weighted by molar-refractivity contribution is -0.114. The van der Waals surface area contributed by atoms with Gasteiger partial charge in [-0.3, -0.25) is 4.79 Å². The first-order chi connectivity index (χ1) is 15.5. The minimum absolute atomic E-state index is 0.118. The topological polar surface area (TPSA) is 134 Å². The average molecular weight is 425 g/mol. The fourth-order valence-electron chi connectivity index (χ4n) is 3.44. The van der Waals surface area contributed by atoms with Crippen LogP contribution in [0.15, 0.2) is 67.5 Å². The van der Waals surface area contributed by atoms with E-state index >= 15 is 0 Å². The second-order valence-electron chi connectivity index (χ2n) is 6.90. The first-order valence-corrected chi connectivity index (χ1v) is 9.73. The van der Waals surface area contributed by atoms with E-state index in [1.807, 2.05) is 36.4 Å². The standard InChI is InChI=1S/C23H19N7O2/c1-2-19(32)29(17-6-4-3-5-7-17)10-11-30-23-20(22(25)26-14-27-23)21(28-30)15-8-9-18(31)16(12-15)13-24/h2-9,12,14,31H,1,10-11H2,(H2,25,26,27). The highest BCUT2D eigenvalue weighted by molar-refractivity contribution is 6.01. The van der Waals surface area contributed by atoms with Gasteiger partial charge in [-0.15, -0.1) is 0 Å². The highest BCUT2D eigenvalue weighted by Crippen LogP contribution is 2.32. The van der Waals surface area contributed by atoms with Crippen molar-refractivity contribution in [3.05, 3.63) is 73.1 Å². The number of rotatable bonds is 6. The van der Waals surface area contributed by atoms with Crippen molar-refractivity contribution in [3.63, 3.8) is 0 Å². The molecule has 0 radical (unpaired) electrons. The molecule has 4 rings (SSSR count). The second-order valence-corrected chi connectivity index (χ2v) is 6.90. The third-order valence-corrected chi connectivity index (χ3v) is 4.99. The number of nitriles is 1. The number of amides is 1. The van der Waals surface area contributed by atoms with Gasteiger partial charge in [0.1, 0.15) is 29.7 Å². The number of hydrogen-bond donors (Lipinski definition) is 2. The molecule has 0 atom stereocenters. The summed E-state index contributed by atoms with van der Waals surface area (Å²) in [5.74, 6) is -0.116. The summed E-state index contributed by atoms with van der Waals surface area (Å²) in [6, 6.07) is 15.8. The van der Waals surface area contributed by atoms with Gasteiger partial charge in [-0.25, -0.2) is 14.6 Å². The summed E-state index contributed by atoms with van der Waals surface area (Å²) in [5, 5.41) is 24.3. The summed E-state index contributed by atoms with van der Waals surface area (Å²) in [6.07, 6.45) is 2.61. The van der Waals surface area contributed by atoms with Crippen LogP contribution < -0.4 is 10.6 Å². The SMILES string of the molecule is C=CC(=O)N(CCn1nc(-c2ccc(O)c(C#N)c2)c2c(N)ncnc21)c1ccccc1. The van der Waals surface area contributed by atoms with E-state index in [0.717, 1.165) is 5.69 Å². The van der Waals surface area contributed by atoms with Crippen molar-refractivity contribution in [2.45, 2.75) is 6.54 Å². The number of nitrogens with zero attached hydrogens (tertiary/aromatic N) is 6. The number of phenolic OH excluding ortho intramolecular Hbond substituents is 1. The quantitative estimate of drug-likeness (QED) is 0.454. The van der Waals surface area contributed by atoms with Crippen LogP contribution in [0.4, 0.5) is 11.5 Å². The molecule has 3 N–H and O–H groups in total. The number of carbonyl (C=O) groups is 1. The molecule has 0 aliphatic rings. The van der Waals surface area contributed by atoms with Crippen LogP contribution in [-0.4, -0.2) is 37.3 Å². The Morgan fingerprint density at radius 2 is 2.03 bits per heavy atom.